The van der Waals surface area contributed by atoms with Crippen LogP contribution in [0.5, 0.6) is 5.88 Å². The van der Waals surface area contributed by atoms with E-state index in [0.29, 0.717) is 12.8 Å². The van der Waals surface area contributed by atoms with Crippen LogP contribution in [0.2, 0.25) is 0 Å². The fourth-order valence-corrected chi connectivity index (χ4v) is 4.78. The average Bonchev–Trinajstić information content (AvgIpc) is 3.01. The molecule has 0 N–H and O–H groups in total. The van der Waals surface area contributed by atoms with Gasteiger partial charge in [0.15, 0.2) is 0 Å². The maximum atomic E-state index is 15.2. The average molecular weight is 416 g/mol. The summed E-state index contributed by atoms with van der Waals surface area (Å²) in [5, 5.41) is 0. The summed E-state index contributed by atoms with van der Waals surface area (Å²) in [4.78, 5) is 5.73. The molecular weight excluding hydrogens is 389 g/mol. The lowest BCUT2D eigenvalue weighted by Gasteiger charge is -2.44. The second-order valence-electron chi connectivity index (χ2n) is 8.76. The Morgan fingerprint density at radius 2 is 1.97 bits per heavy atom. The highest BCUT2D eigenvalue weighted by Crippen LogP contribution is 2.50. The van der Waals surface area contributed by atoms with E-state index in [9.17, 15) is 4.39 Å². The van der Waals surface area contributed by atoms with E-state index in [-0.39, 0.29) is 30.6 Å². The topological polar surface area (TPSA) is 25.4 Å². The fraction of sp³-hybridized carbons (Fsp3) is 0.458. The van der Waals surface area contributed by atoms with Gasteiger partial charge >= 0.3 is 0 Å². The zero-order chi connectivity index (χ0) is 21.6. The zero-order valence-corrected chi connectivity index (χ0v) is 17.8. The Morgan fingerprint density at radius 1 is 1.23 bits per heavy atom. The van der Waals surface area contributed by atoms with Crippen LogP contribution < -0.4 is 4.74 Å². The number of rotatable bonds is 5. The van der Waals surface area contributed by atoms with Gasteiger partial charge in [-0.2, -0.15) is 9.37 Å². The molecule has 1 aliphatic carbocycles. The molecule has 0 spiro atoms. The van der Waals surface area contributed by atoms with Crippen LogP contribution in [0, 0.1) is 11.8 Å². The van der Waals surface area contributed by atoms with Gasteiger partial charge in [-0.25, -0.2) is 8.78 Å². The fourth-order valence-electron chi connectivity index (χ4n) is 4.78. The Kier molecular flexibility index (Phi) is 5.39. The minimum absolute atomic E-state index is 0.0675. The predicted molar refractivity (Wildman–Crippen MR) is 111 cm³/mol. The predicted octanol–water partition coefficient (Wildman–Crippen LogP) is 5.65. The molecule has 0 amide bonds. The third kappa shape index (κ3) is 3.73. The molecule has 4 rings (SSSR count). The molecule has 0 bridgehead atoms. The summed E-state index contributed by atoms with van der Waals surface area (Å²) in [5.41, 5.74) is 2.67. The van der Waals surface area contributed by atoms with E-state index in [1.165, 1.54) is 13.8 Å². The summed E-state index contributed by atoms with van der Waals surface area (Å²) in [6.45, 7) is 7.03. The van der Waals surface area contributed by atoms with Gasteiger partial charge < -0.3 is 4.74 Å². The van der Waals surface area contributed by atoms with Gasteiger partial charge in [0.25, 0.3) is 0 Å². The van der Waals surface area contributed by atoms with E-state index in [4.69, 9.17) is 4.74 Å². The molecule has 0 saturated carbocycles. The number of hydrogen-bond acceptors (Lipinski definition) is 3. The molecule has 0 fully saturated rings. The van der Waals surface area contributed by atoms with Crippen LogP contribution >= 0.6 is 0 Å². The molecule has 1 aromatic heterocycles. The normalized spacial score (nSPS) is 21.6. The van der Waals surface area contributed by atoms with Crippen molar-refractivity contribution >= 4 is 5.57 Å². The van der Waals surface area contributed by atoms with Gasteiger partial charge in [-0.3, -0.25) is 4.90 Å². The van der Waals surface area contributed by atoms with Crippen LogP contribution in [0.4, 0.5) is 13.2 Å². The molecule has 2 aliphatic rings. The van der Waals surface area contributed by atoms with Gasteiger partial charge in [0.1, 0.15) is 11.5 Å². The van der Waals surface area contributed by atoms with E-state index in [2.05, 4.69) is 11.1 Å². The third-order valence-electron chi connectivity index (χ3n) is 5.90. The first-order valence-corrected chi connectivity index (χ1v) is 10.4. The summed E-state index contributed by atoms with van der Waals surface area (Å²) in [7, 11) is 0. The highest BCUT2D eigenvalue weighted by Gasteiger charge is 2.43. The van der Waals surface area contributed by atoms with Crippen molar-refractivity contribution in [3.05, 3.63) is 64.4 Å². The number of alkyl halides is 1. The van der Waals surface area contributed by atoms with Crippen molar-refractivity contribution in [2.24, 2.45) is 0 Å². The summed E-state index contributed by atoms with van der Waals surface area (Å²) in [6.07, 6.45) is 1.31. The van der Waals surface area contributed by atoms with Crippen LogP contribution in [0.1, 0.15) is 56.8 Å². The lowest BCUT2D eigenvalue weighted by molar-refractivity contribution is 0.0672. The van der Waals surface area contributed by atoms with E-state index in [0.717, 1.165) is 28.3 Å². The van der Waals surface area contributed by atoms with Gasteiger partial charge in [0.2, 0.25) is 11.8 Å². The van der Waals surface area contributed by atoms with Crippen molar-refractivity contribution in [1.82, 2.24) is 9.88 Å². The molecular formula is C24H27F3N2O. The maximum Gasteiger partial charge on any atom is 0.224 e. The van der Waals surface area contributed by atoms with Crippen molar-refractivity contribution in [3.8, 4) is 5.88 Å². The van der Waals surface area contributed by atoms with Crippen LogP contribution in [0.15, 0.2) is 35.9 Å². The minimum atomic E-state index is -1.51. The Hall–Kier alpha value is -2.34. The first kappa shape index (κ1) is 20.9. The van der Waals surface area contributed by atoms with Gasteiger partial charge in [0.05, 0.1) is 18.2 Å². The second kappa shape index (κ2) is 7.73. The lowest BCUT2D eigenvalue weighted by atomic mass is 9.84. The van der Waals surface area contributed by atoms with Gasteiger partial charge in [-0.15, -0.1) is 0 Å². The standard InChI is InChI=1S/C24H27F3N2O/c1-5-30-20-12-19(25)21(23(26)28-20)22-18-11-15-8-6-7-9-16(15)17(18)10-14(2)29(22)13-24(3,4)27/h6-9,12,14,22H,5,10-11,13H2,1-4H3. The number of pyridine rings is 1. The molecule has 1 aliphatic heterocycles. The summed E-state index contributed by atoms with van der Waals surface area (Å²) < 4.78 is 50.3. The monoisotopic (exact) mass is 416 g/mol. The van der Waals surface area contributed by atoms with Crippen LogP contribution in [-0.2, 0) is 6.42 Å². The number of halogens is 3. The van der Waals surface area contributed by atoms with Crippen molar-refractivity contribution in [2.75, 3.05) is 13.2 Å². The maximum absolute atomic E-state index is 15.2. The van der Waals surface area contributed by atoms with Crippen molar-refractivity contribution < 1.29 is 17.9 Å². The molecule has 1 aromatic carbocycles. The molecule has 0 radical (unpaired) electrons. The summed E-state index contributed by atoms with van der Waals surface area (Å²) in [5.74, 6) is -1.70. The molecule has 2 heterocycles. The summed E-state index contributed by atoms with van der Waals surface area (Å²) in [6, 6.07) is 8.38. The molecule has 160 valence electrons. The first-order valence-electron chi connectivity index (χ1n) is 10.4. The lowest BCUT2D eigenvalue weighted by Crippen LogP contribution is -2.47. The van der Waals surface area contributed by atoms with Crippen LogP contribution in [-0.4, -0.2) is 34.7 Å². The number of benzene rings is 1. The number of hydrogen-bond donors (Lipinski definition) is 0. The van der Waals surface area contributed by atoms with Gasteiger partial charge in [-0.1, -0.05) is 24.3 Å². The van der Waals surface area contributed by atoms with Crippen molar-refractivity contribution in [3.63, 3.8) is 0 Å². The Labute approximate surface area is 175 Å². The minimum Gasteiger partial charge on any atom is -0.478 e. The Balaban J connectivity index is 1.87. The molecule has 0 saturated heterocycles. The molecule has 30 heavy (non-hydrogen) atoms. The molecule has 3 nitrogen and oxygen atoms in total. The Morgan fingerprint density at radius 3 is 2.63 bits per heavy atom. The van der Waals surface area contributed by atoms with Gasteiger partial charge in [0, 0.05) is 18.7 Å². The quantitative estimate of drug-likeness (QED) is 0.589. The highest BCUT2D eigenvalue weighted by atomic mass is 19.1. The first-order chi connectivity index (χ1) is 14.2. The van der Waals surface area contributed by atoms with E-state index in [1.54, 1.807) is 6.92 Å². The largest absolute Gasteiger partial charge is 0.478 e. The zero-order valence-electron chi connectivity index (χ0n) is 17.8. The summed E-state index contributed by atoms with van der Waals surface area (Å²) >= 11 is 0. The van der Waals surface area contributed by atoms with E-state index >= 15 is 8.78 Å². The highest BCUT2D eigenvalue weighted by molar-refractivity contribution is 5.79. The van der Waals surface area contributed by atoms with Crippen molar-refractivity contribution in [1.29, 1.82) is 0 Å². The molecule has 2 unspecified atom stereocenters. The smallest absolute Gasteiger partial charge is 0.224 e. The molecule has 2 aromatic rings. The molecule has 6 heteroatoms. The van der Waals surface area contributed by atoms with E-state index < -0.39 is 23.5 Å². The second-order valence-corrected chi connectivity index (χ2v) is 8.76. The van der Waals surface area contributed by atoms with Crippen LogP contribution in [0.3, 0.4) is 0 Å². The number of aromatic nitrogens is 1. The number of fused-ring (bicyclic) bond motifs is 2. The van der Waals surface area contributed by atoms with Crippen LogP contribution in [0.25, 0.3) is 5.57 Å². The SMILES string of the molecule is CCOc1cc(F)c(C2C3=C(CC(C)N2CC(C)(C)F)c2ccccc2C3)c(F)n1. The Bertz CT molecular complexity index is 973. The van der Waals surface area contributed by atoms with E-state index in [1.807, 2.05) is 30.0 Å². The molecule has 2 atom stereocenters. The number of nitrogens with zero attached hydrogens (tertiary/aromatic N) is 2. The van der Waals surface area contributed by atoms with Crippen molar-refractivity contribution in [2.45, 2.75) is 58.3 Å². The number of ether oxygens (including phenoxy) is 1. The third-order valence-corrected chi connectivity index (χ3v) is 5.90. The van der Waals surface area contributed by atoms with Gasteiger partial charge in [-0.05, 0) is 62.8 Å².